The molecule has 2 fully saturated rings. The lowest BCUT2D eigenvalue weighted by molar-refractivity contribution is -0.124. The van der Waals surface area contributed by atoms with Gasteiger partial charge in [-0.25, -0.2) is 0 Å². The fourth-order valence-electron chi connectivity index (χ4n) is 3.95. The second-order valence-corrected chi connectivity index (χ2v) is 8.85. The first-order valence-corrected chi connectivity index (χ1v) is 11.2. The van der Waals surface area contributed by atoms with Crippen molar-refractivity contribution < 1.29 is 14.3 Å². The Kier molecular flexibility index (Phi) is 8.77. The minimum absolute atomic E-state index is 0.00637. The fourth-order valence-corrected chi connectivity index (χ4v) is 4.27. The van der Waals surface area contributed by atoms with Crippen molar-refractivity contribution in [1.82, 2.24) is 20.4 Å². The summed E-state index contributed by atoms with van der Waals surface area (Å²) < 4.78 is 5.82. The Morgan fingerprint density at radius 2 is 1.90 bits per heavy atom. The number of morpholine rings is 1. The van der Waals surface area contributed by atoms with Crippen molar-refractivity contribution in [1.29, 1.82) is 0 Å². The van der Waals surface area contributed by atoms with Crippen LogP contribution in [0.15, 0.2) is 18.2 Å². The maximum absolute atomic E-state index is 12.3. The Bertz CT molecular complexity index is 741. The fraction of sp³-hybridized carbons (Fsp3) is 0.619. The van der Waals surface area contributed by atoms with Crippen LogP contribution in [0.25, 0.3) is 0 Å². The Morgan fingerprint density at radius 1 is 1.13 bits per heavy atom. The van der Waals surface area contributed by atoms with Gasteiger partial charge < -0.3 is 15.4 Å². The topological polar surface area (TPSA) is 73.9 Å². The van der Waals surface area contributed by atoms with Gasteiger partial charge in [0.1, 0.15) is 0 Å². The van der Waals surface area contributed by atoms with E-state index in [0.29, 0.717) is 29.7 Å². The first-order valence-electron chi connectivity index (χ1n) is 10.4. The van der Waals surface area contributed by atoms with Crippen LogP contribution in [0.3, 0.4) is 0 Å². The molecule has 2 aliphatic rings. The second kappa shape index (κ2) is 11.3. The van der Waals surface area contributed by atoms with Crippen molar-refractivity contribution in [2.45, 2.75) is 38.5 Å². The van der Waals surface area contributed by atoms with Crippen molar-refractivity contribution in [2.75, 3.05) is 45.9 Å². The maximum Gasteiger partial charge on any atom is 0.234 e. The van der Waals surface area contributed by atoms with Gasteiger partial charge in [-0.05, 0) is 30.5 Å². The molecule has 0 bridgehead atoms. The largest absolute Gasteiger partial charge is 0.374 e. The lowest BCUT2D eigenvalue weighted by atomic mass is 10.1. The van der Waals surface area contributed by atoms with Crippen LogP contribution >= 0.6 is 23.2 Å². The summed E-state index contributed by atoms with van der Waals surface area (Å²) in [6.07, 6.45) is 1.72. The zero-order valence-electron chi connectivity index (χ0n) is 17.3. The van der Waals surface area contributed by atoms with Crippen LogP contribution in [-0.2, 0) is 20.9 Å². The third-order valence-electron chi connectivity index (χ3n) is 5.50. The summed E-state index contributed by atoms with van der Waals surface area (Å²) in [5.41, 5.74) is 1.11. The van der Waals surface area contributed by atoms with E-state index in [9.17, 15) is 9.59 Å². The van der Waals surface area contributed by atoms with Crippen LogP contribution < -0.4 is 10.6 Å². The number of amides is 2. The molecule has 0 aliphatic carbocycles. The van der Waals surface area contributed by atoms with Gasteiger partial charge in [0, 0.05) is 52.2 Å². The van der Waals surface area contributed by atoms with Gasteiger partial charge in [0.2, 0.25) is 11.8 Å². The summed E-state index contributed by atoms with van der Waals surface area (Å²) in [5.74, 6) is 0.0186. The highest BCUT2D eigenvalue weighted by Gasteiger charge is 2.23. The van der Waals surface area contributed by atoms with E-state index in [4.69, 9.17) is 27.9 Å². The molecule has 2 aliphatic heterocycles. The van der Waals surface area contributed by atoms with Crippen LogP contribution in [0.1, 0.15) is 25.3 Å². The number of benzene rings is 1. The Morgan fingerprint density at radius 3 is 2.60 bits per heavy atom. The number of hydrogen-bond donors (Lipinski definition) is 2. The molecule has 1 aromatic rings. The predicted molar refractivity (Wildman–Crippen MR) is 118 cm³/mol. The quantitative estimate of drug-likeness (QED) is 0.655. The zero-order chi connectivity index (χ0) is 21.5. The SMILES string of the molecule is CC(=O)NC1CCN(CC(=O)NC[C@@H]2CN(Cc3ccc(Cl)c(Cl)c3)CCO2)CC1. The Balaban J connectivity index is 1.36. The second-order valence-electron chi connectivity index (χ2n) is 8.03. The Hall–Kier alpha value is -1.38. The summed E-state index contributed by atoms with van der Waals surface area (Å²) >= 11 is 12.1. The minimum Gasteiger partial charge on any atom is -0.374 e. The van der Waals surface area contributed by atoms with Crippen molar-refractivity contribution in [2.24, 2.45) is 0 Å². The molecule has 0 aromatic heterocycles. The van der Waals surface area contributed by atoms with Crippen LogP contribution in [0.4, 0.5) is 0 Å². The van der Waals surface area contributed by atoms with Crippen molar-refractivity contribution >= 4 is 35.0 Å². The van der Waals surface area contributed by atoms with Gasteiger partial charge in [0.15, 0.2) is 0 Å². The molecule has 1 atom stereocenters. The molecule has 2 amide bonds. The highest BCUT2D eigenvalue weighted by molar-refractivity contribution is 6.42. The summed E-state index contributed by atoms with van der Waals surface area (Å²) in [7, 11) is 0. The lowest BCUT2D eigenvalue weighted by Gasteiger charge is -2.34. The standard InChI is InChI=1S/C21H30Cl2N4O3/c1-15(28)25-17-4-6-26(7-5-17)14-21(29)24-11-18-13-27(8-9-30-18)12-16-2-3-19(22)20(23)10-16/h2-3,10,17-18H,4-9,11-14H2,1H3,(H,24,29)(H,25,28)/t18-/m1/s1. The molecular weight excluding hydrogens is 427 g/mol. The normalized spacial score (nSPS) is 21.4. The number of likely N-dealkylation sites (tertiary alicyclic amines) is 1. The highest BCUT2D eigenvalue weighted by Crippen LogP contribution is 2.23. The zero-order valence-corrected chi connectivity index (χ0v) is 18.8. The van der Waals surface area contributed by atoms with E-state index in [-0.39, 0.29) is 24.0 Å². The van der Waals surface area contributed by atoms with E-state index in [2.05, 4.69) is 20.4 Å². The minimum atomic E-state index is -0.0315. The molecule has 2 heterocycles. The molecule has 166 valence electrons. The number of ether oxygens (including phenoxy) is 1. The third-order valence-corrected chi connectivity index (χ3v) is 6.24. The summed E-state index contributed by atoms with van der Waals surface area (Å²) in [4.78, 5) is 27.9. The highest BCUT2D eigenvalue weighted by atomic mass is 35.5. The molecule has 0 spiro atoms. The molecule has 2 N–H and O–H groups in total. The molecule has 1 aromatic carbocycles. The smallest absolute Gasteiger partial charge is 0.234 e. The average molecular weight is 457 g/mol. The number of rotatable bonds is 7. The number of nitrogens with one attached hydrogen (secondary N) is 2. The molecule has 2 saturated heterocycles. The van der Waals surface area contributed by atoms with Crippen molar-refractivity contribution in [3.8, 4) is 0 Å². The van der Waals surface area contributed by atoms with Gasteiger partial charge in [-0.3, -0.25) is 19.4 Å². The molecule has 3 rings (SSSR count). The van der Waals surface area contributed by atoms with Gasteiger partial charge in [-0.2, -0.15) is 0 Å². The average Bonchev–Trinajstić information content (AvgIpc) is 2.71. The molecule has 0 unspecified atom stereocenters. The first kappa shape index (κ1) is 23.3. The summed E-state index contributed by atoms with van der Waals surface area (Å²) in [5, 5.41) is 7.07. The van der Waals surface area contributed by atoms with Crippen molar-refractivity contribution in [3.05, 3.63) is 33.8 Å². The monoisotopic (exact) mass is 456 g/mol. The van der Waals surface area contributed by atoms with Gasteiger partial charge in [-0.1, -0.05) is 29.3 Å². The number of hydrogen-bond acceptors (Lipinski definition) is 5. The number of carbonyl (C=O) groups excluding carboxylic acids is 2. The summed E-state index contributed by atoms with van der Waals surface area (Å²) in [6.45, 7) is 7.05. The molecule has 30 heavy (non-hydrogen) atoms. The van der Waals surface area contributed by atoms with Gasteiger partial charge in [-0.15, -0.1) is 0 Å². The van der Waals surface area contributed by atoms with Crippen LogP contribution in [0, 0.1) is 0 Å². The predicted octanol–water partition coefficient (Wildman–Crippen LogP) is 1.91. The van der Waals surface area contributed by atoms with E-state index in [1.54, 1.807) is 6.92 Å². The number of nitrogens with zero attached hydrogens (tertiary/aromatic N) is 2. The third kappa shape index (κ3) is 7.39. The number of piperidine rings is 1. The van der Waals surface area contributed by atoms with Gasteiger partial charge >= 0.3 is 0 Å². The molecule has 9 heteroatoms. The van der Waals surface area contributed by atoms with E-state index in [0.717, 1.165) is 51.1 Å². The molecule has 0 saturated carbocycles. The molecule has 0 radical (unpaired) electrons. The van der Waals surface area contributed by atoms with E-state index >= 15 is 0 Å². The van der Waals surface area contributed by atoms with Crippen LogP contribution in [0.5, 0.6) is 0 Å². The van der Waals surface area contributed by atoms with E-state index in [1.807, 2.05) is 18.2 Å². The van der Waals surface area contributed by atoms with E-state index in [1.165, 1.54) is 0 Å². The Labute approximate surface area is 188 Å². The number of halogens is 2. The van der Waals surface area contributed by atoms with Crippen LogP contribution in [0.2, 0.25) is 10.0 Å². The molecule has 7 nitrogen and oxygen atoms in total. The van der Waals surface area contributed by atoms with Crippen molar-refractivity contribution in [3.63, 3.8) is 0 Å². The maximum atomic E-state index is 12.3. The van der Waals surface area contributed by atoms with Gasteiger partial charge in [0.05, 0.1) is 29.3 Å². The molecular formula is C21H30Cl2N4O3. The van der Waals surface area contributed by atoms with E-state index < -0.39 is 0 Å². The van der Waals surface area contributed by atoms with Crippen LogP contribution in [-0.4, -0.2) is 79.6 Å². The lowest BCUT2D eigenvalue weighted by Crippen LogP contribution is -2.50. The van der Waals surface area contributed by atoms with Gasteiger partial charge in [0.25, 0.3) is 0 Å². The first-order chi connectivity index (χ1) is 14.4. The summed E-state index contributed by atoms with van der Waals surface area (Å²) in [6, 6.07) is 5.91. The number of carbonyl (C=O) groups is 2.